The first-order valence-electron chi connectivity index (χ1n) is 4.15. The minimum atomic E-state index is 0. The van der Waals surface area contributed by atoms with Gasteiger partial charge in [0.1, 0.15) is 0 Å². The van der Waals surface area contributed by atoms with E-state index in [9.17, 15) is 0 Å². The van der Waals surface area contributed by atoms with Gasteiger partial charge in [0.15, 0.2) is 0 Å². The topological polar surface area (TPSA) is 43.6 Å². The van der Waals surface area contributed by atoms with E-state index < -0.39 is 0 Å². The molecule has 0 aromatic carbocycles. The van der Waals surface area contributed by atoms with Gasteiger partial charge in [0.2, 0.25) is 0 Å². The van der Waals surface area contributed by atoms with Crippen molar-refractivity contribution in [3.05, 3.63) is 36.3 Å². The monoisotopic (exact) mass is 366 g/mol. The Morgan fingerprint density at radius 2 is 2.29 bits per heavy atom. The maximum absolute atomic E-state index is 4.36. The van der Waals surface area contributed by atoms with Crippen molar-refractivity contribution < 1.29 is 20.1 Å². The van der Waals surface area contributed by atoms with Crippen LogP contribution in [0.2, 0.25) is 0 Å². The van der Waals surface area contributed by atoms with E-state index in [1.165, 1.54) is 10.9 Å². The first-order valence-corrected chi connectivity index (χ1v) is 4.15. The average Bonchev–Trinajstić information content (AvgIpc) is 2.71. The fraction of sp³-hybridized carbons (Fsp3) is 0.222. The van der Waals surface area contributed by atoms with Crippen LogP contribution in [-0.2, 0) is 26.5 Å². The van der Waals surface area contributed by atoms with Crippen LogP contribution in [0.5, 0.6) is 0 Å². The molecule has 75 valence electrons. The summed E-state index contributed by atoms with van der Waals surface area (Å²) in [6.07, 6.45) is 5.27. The Hall–Kier alpha value is -1.06. The summed E-state index contributed by atoms with van der Waals surface area (Å²) in [4.78, 5) is 4.36. The van der Waals surface area contributed by atoms with Crippen LogP contribution < -0.4 is 0 Å². The van der Waals surface area contributed by atoms with E-state index in [0.29, 0.717) is 0 Å². The molecule has 0 aliphatic heterocycles. The van der Waals surface area contributed by atoms with Crippen molar-refractivity contribution in [1.82, 2.24) is 20.0 Å². The second kappa shape index (κ2) is 4.98. The number of aromatic nitrogens is 4. The largest absolute Gasteiger partial charge is 0.367 e. The smallest absolute Gasteiger partial charge is 0.0207 e. The molecule has 0 amide bonds. The molecular weight excluding hydrogens is 356 g/mol. The molecule has 2 rings (SSSR count). The number of rotatable bonds is 2. The SMILES string of the molecule is CCc1cccc(-n2[c-]cnn2)n1.[Ir]. The third-order valence-corrected chi connectivity index (χ3v) is 1.75. The summed E-state index contributed by atoms with van der Waals surface area (Å²) in [6.45, 7) is 2.07. The number of hydrogen-bond acceptors (Lipinski definition) is 3. The van der Waals surface area contributed by atoms with Crippen molar-refractivity contribution in [1.29, 1.82) is 0 Å². The van der Waals surface area contributed by atoms with Crippen LogP contribution in [0.15, 0.2) is 24.4 Å². The van der Waals surface area contributed by atoms with Gasteiger partial charge in [-0.15, -0.1) is 12.3 Å². The number of pyridine rings is 1. The zero-order valence-electron chi connectivity index (χ0n) is 7.64. The quantitative estimate of drug-likeness (QED) is 0.747. The van der Waals surface area contributed by atoms with Gasteiger partial charge in [0.05, 0.1) is 0 Å². The van der Waals surface area contributed by atoms with E-state index in [4.69, 9.17) is 0 Å². The van der Waals surface area contributed by atoms with Crippen molar-refractivity contribution in [2.75, 3.05) is 0 Å². The predicted octanol–water partition coefficient (Wildman–Crippen LogP) is 1.02. The summed E-state index contributed by atoms with van der Waals surface area (Å²) >= 11 is 0. The van der Waals surface area contributed by atoms with Gasteiger partial charge in [-0.05, 0) is 18.7 Å². The minimum Gasteiger partial charge on any atom is -0.367 e. The van der Waals surface area contributed by atoms with Crippen LogP contribution in [-0.4, -0.2) is 20.0 Å². The molecule has 0 bridgehead atoms. The summed E-state index contributed by atoms with van der Waals surface area (Å²) in [5, 5.41) is 7.48. The second-order valence-electron chi connectivity index (χ2n) is 2.62. The van der Waals surface area contributed by atoms with Crippen molar-refractivity contribution in [3.8, 4) is 5.82 Å². The summed E-state index contributed by atoms with van der Waals surface area (Å²) in [7, 11) is 0. The zero-order valence-corrected chi connectivity index (χ0v) is 10.0. The molecule has 0 atom stereocenters. The molecule has 1 radical (unpaired) electrons. The van der Waals surface area contributed by atoms with Gasteiger partial charge < -0.3 is 9.67 Å². The standard InChI is InChI=1S/C9H9N4.Ir/c1-2-8-4-3-5-9(11-8)13-7-6-10-12-13;/h3-6H,2H2,1H3;/q-1;. The molecule has 4 nitrogen and oxygen atoms in total. The number of nitrogens with zero attached hydrogens (tertiary/aromatic N) is 4. The van der Waals surface area contributed by atoms with Crippen molar-refractivity contribution in [3.63, 3.8) is 0 Å². The van der Waals surface area contributed by atoms with Crippen molar-refractivity contribution >= 4 is 0 Å². The molecule has 0 saturated carbocycles. The van der Waals surface area contributed by atoms with Gasteiger partial charge in [-0.2, -0.15) is 5.10 Å². The van der Waals surface area contributed by atoms with Gasteiger partial charge in [-0.3, -0.25) is 0 Å². The molecule has 0 N–H and O–H groups in total. The summed E-state index contributed by atoms with van der Waals surface area (Å²) in [5.41, 5.74) is 1.04. The fourth-order valence-electron chi connectivity index (χ4n) is 1.08. The minimum absolute atomic E-state index is 0. The number of aryl methyl sites for hydroxylation is 1. The van der Waals surface area contributed by atoms with Gasteiger partial charge in [-0.1, -0.05) is 18.2 Å². The molecule has 0 aliphatic rings. The van der Waals surface area contributed by atoms with E-state index in [0.717, 1.165) is 17.9 Å². The Morgan fingerprint density at radius 1 is 1.43 bits per heavy atom. The van der Waals surface area contributed by atoms with Gasteiger partial charge in [0.25, 0.3) is 0 Å². The Bertz CT molecular complexity index is 385. The van der Waals surface area contributed by atoms with Crippen LogP contribution >= 0.6 is 0 Å². The number of hydrogen-bond donors (Lipinski definition) is 0. The zero-order chi connectivity index (χ0) is 9.10. The molecule has 0 saturated heterocycles. The molecule has 0 spiro atoms. The molecule has 2 aromatic rings. The van der Waals surface area contributed by atoms with Crippen LogP contribution in [0.25, 0.3) is 5.82 Å². The Morgan fingerprint density at radius 3 is 2.93 bits per heavy atom. The van der Waals surface area contributed by atoms with E-state index in [1.54, 1.807) is 0 Å². The van der Waals surface area contributed by atoms with E-state index in [-0.39, 0.29) is 20.1 Å². The molecule has 0 aliphatic carbocycles. The first kappa shape index (κ1) is 11.0. The van der Waals surface area contributed by atoms with Crippen LogP contribution in [0.4, 0.5) is 0 Å². The van der Waals surface area contributed by atoms with Crippen molar-refractivity contribution in [2.24, 2.45) is 0 Å². The third kappa shape index (κ3) is 2.25. The molecule has 0 unspecified atom stereocenters. The summed E-state index contributed by atoms with van der Waals surface area (Å²) < 4.78 is 1.53. The molecular formula is C9H9IrN4-. The Labute approximate surface area is 95.7 Å². The maximum Gasteiger partial charge on any atom is 0.0207 e. The molecule has 2 aromatic heterocycles. The Kier molecular flexibility index (Phi) is 3.92. The molecule has 5 heteroatoms. The second-order valence-corrected chi connectivity index (χ2v) is 2.62. The van der Waals surface area contributed by atoms with Crippen molar-refractivity contribution in [2.45, 2.75) is 13.3 Å². The van der Waals surface area contributed by atoms with E-state index in [1.807, 2.05) is 18.2 Å². The van der Waals surface area contributed by atoms with E-state index in [2.05, 4.69) is 28.4 Å². The van der Waals surface area contributed by atoms with Gasteiger partial charge >= 0.3 is 0 Å². The molecule has 14 heavy (non-hydrogen) atoms. The van der Waals surface area contributed by atoms with Crippen LogP contribution in [0.3, 0.4) is 0 Å². The molecule has 2 heterocycles. The first-order chi connectivity index (χ1) is 6.40. The van der Waals surface area contributed by atoms with Crippen LogP contribution in [0.1, 0.15) is 12.6 Å². The Balaban J connectivity index is 0.000000980. The van der Waals surface area contributed by atoms with Crippen LogP contribution in [0, 0.1) is 6.20 Å². The maximum atomic E-state index is 4.36. The predicted molar refractivity (Wildman–Crippen MR) is 47.4 cm³/mol. The molecule has 0 fully saturated rings. The van der Waals surface area contributed by atoms with Gasteiger partial charge in [-0.25, -0.2) is 0 Å². The average molecular weight is 365 g/mol. The normalized spacial score (nSPS) is 9.50. The fourth-order valence-corrected chi connectivity index (χ4v) is 1.08. The summed E-state index contributed by atoms with van der Waals surface area (Å²) in [5.74, 6) is 0.761. The third-order valence-electron chi connectivity index (χ3n) is 1.75. The summed E-state index contributed by atoms with van der Waals surface area (Å²) in [6, 6.07) is 5.82. The van der Waals surface area contributed by atoms with E-state index >= 15 is 0 Å². The van der Waals surface area contributed by atoms with Gasteiger partial charge in [0, 0.05) is 31.6 Å².